The molecule has 0 aromatic heterocycles. The minimum absolute atomic E-state index is 0.126. The molecule has 1 aliphatic rings. The van der Waals surface area contributed by atoms with Gasteiger partial charge >= 0.3 is 0 Å². The van der Waals surface area contributed by atoms with Gasteiger partial charge in [0.15, 0.2) is 0 Å². The van der Waals surface area contributed by atoms with E-state index in [4.69, 9.17) is 0 Å². The van der Waals surface area contributed by atoms with Gasteiger partial charge in [0, 0.05) is 32.1 Å². The molecule has 1 fully saturated rings. The van der Waals surface area contributed by atoms with Crippen molar-refractivity contribution in [2.75, 3.05) is 13.6 Å². The summed E-state index contributed by atoms with van der Waals surface area (Å²) in [7, 11) is 1.69. The number of hydrogen-bond acceptors (Lipinski definition) is 3. The Morgan fingerprint density at radius 1 is 1.31 bits per heavy atom. The molecule has 0 spiro atoms. The maximum Gasteiger partial charge on any atom is 0.219 e. The predicted molar refractivity (Wildman–Crippen MR) is 65.9 cm³/mol. The minimum atomic E-state index is 0.126. The first kappa shape index (κ1) is 13.5. The second kappa shape index (κ2) is 6.86. The van der Waals surface area contributed by atoms with E-state index in [0.717, 1.165) is 13.0 Å². The zero-order chi connectivity index (χ0) is 12.0. The molecule has 16 heavy (non-hydrogen) atoms. The lowest BCUT2D eigenvalue weighted by Gasteiger charge is -2.39. The molecule has 0 aromatic carbocycles. The van der Waals surface area contributed by atoms with Crippen LogP contribution in [0.4, 0.5) is 0 Å². The summed E-state index contributed by atoms with van der Waals surface area (Å²) in [4.78, 5) is 11.0. The maximum absolute atomic E-state index is 11.0. The molecule has 1 amide bonds. The summed E-state index contributed by atoms with van der Waals surface area (Å²) in [6.45, 7) is 5.42. The Hall–Kier alpha value is -0.610. The molecule has 0 bridgehead atoms. The third-order valence-electron chi connectivity index (χ3n) is 3.35. The Morgan fingerprint density at radius 3 is 2.50 bits per heavy atom. The van der Waals surface area contributed by atoms with E-state index in [9.17, 15) is 4.79 Å². The van der Waals surface area contributed by atoms with Gasteiger partial charge in [-0.3, -0.25) is 10.2 Å². The highest BCUT2D eigenvalue weighted by molar-refractivity contribution is 5.75. The van der Waals surface area contributed by atoms with Gasteiger partial charge in [0.05, 0.1) is 0 Å². The fraction of sp³-hybridized carbons (Fsp3) is 0.917. The van der Waals surface area contributed by atoms with Gasteiger partial charge in [-0.25, -0.2) is 5.01 Å². The number of carbonyl (C=O) groups excluding carboxylic acids is 1. The molecule has 1 aliphatic heterocycles. The molecule has 1 rings (SSSR count). The standard InChI is InChI=1S/C12H25N3O/c1-10-6-4-7-11(2)15(10)14-9-5-8-12(16)13-3/h10-11,14H,4-9H2,1-3H3,(H,13,16). The number of piperidine rings is 1. The van der Waals surface area contributed by atoms with Gasteiger partial charge in [-0.15, -0.1) is 0 Å². The summed E-state index contributed by atoms with van der Waals surface area (Å²) in [5.74, 6) is 0.126. The molecule has 1 heterocycles. The first-order chi connectivity index (χ1) is 7.65. The first-order valence-electron chi connectivity index (χ1n) is 6.37. The lowest BCUT2D eigenvalue weighted by atomic mass is 10.00. The van der Waals surface area contributed by atoms with Gasteiger partial charge < -0.3 is 5.32 Å². The van der Waals surface area contributed by atoms with Gasteiger partial charge in [-0.2, -0.15) is 0 Å². The summed E-state index contributed by atoms with van der Waals surface area (Å²) >= 11 is 0. The third kappa shape index (κ3) is 4.10. The lowest BCUT2D eigenvalue weighted by molar-refractivity contribution is -0.120. The normalized spacial score (nSPS) is 26.7. The highest BCUT2D eigenvalue weighted by atomic mass is 16.1. The summed E-state index contributed by atoms with van der Waals surface area (Å²) in [6, 6.07) is 1.23. The molecule has 1 saturated heterocycles. The minimum Gasteiger partial charge on any atom is -0.359 e. The highest BCUT2D eigenvalue weighted by Crippen LogP contribution is 2.19. The van der Waals surface area contributed by atoms with Gasteiger partial charge in [0.25, 0.3) is 0 Å². The topological polar surface area (TPSA) is 44.4 Å². The lowest BCUT2D eigenvalue weighted by Crippen LogP contribution is -2.52. The van der Waals surface area contributed by atoms with E-state index < -0.39 is 0 Å². The smallest absolute Gasteiger partial charge is 0.219 e. The van der Waals surface area contributed by atoms with Gasteiger partial charge in [-0.05, 0) is 33.1 Å². The van der Waals surface area contributed by atoms with E-state index in [2.05, 4.69) is 29.6 Å². The molecular formula is C12H25N3O. The van der Waals surface area contributed by atoms with Crippen molar-refractivity contribution in [1.82, 2.24) is 15.8 Å². The average molecular weight is 227 g/mol. The van der Waals surface area contributed by atoms with E-state index in [1.165, 1.54) is 19.3 Å². The third-order valence-corrected chi connectivity index (χ3v) is 3.35. The van der Waals surface area contributed by atoms with Gasteiger partial charge in [0.1, 0.15) is 0 Å². The summed E-state index contributed by atoms with van der Waals surface area (Å²) in [6.07, 6.45) is 5.38. The Kier molecular flexibility index (Phi) is 5.77. The van der Waals surface area contributed by atoms with Crippen molar-refractivity contribution in [1.29, 1.82) is 0 Å². The zero-order valence-electron chi connectivity index (χ0n) is 10.8. The van der Waals surface area contributed by atoms with Crippen LogP contribution in [0, 0.1) is 0 Å². The predicted octanol–water partition coefficient (Wildman–Crippen LogP) is 1.28. The largest absolute Gasteiger partial charge is 0.359 e. The second-order valence-electron chi connectivity index (χ2n) is 4.72. The Labute approximate surface area is 98.7 Å². The molecule has 2 atom stereocenters. The summed E-state index contributed by atoms with van der Waals surface area (Å²) in [5, 5.41) is 5.00. The number of nitrogens with zero attached hydrogens (tertiary/aromatic N) is 1. The van der Waals surface area contributed by atoms with E-state index >= 15 is 0 Å². The van der Waals surface area contributed by atoms with Crippen molar-refractivity contribution in [3.63, 3.8) is 0 Å². The molecule has 2 unspecified atom stereocenters. The number of carbonyl (C=O) groups is 1. The molecule has 4 heteroatoms. The fourth-order valence-corrected chi connectivity index (χ4v) is 2.32. The number of hydrogen-bond donors (Lipinski definition) is 2. The molecule has 4 nitrogen and oxygen atoms in total. The second-order valence-corrected chi connectivity index (χ2v) is 4.72. The molecule has 2 N–H and O–H groups in total. The average Bonchev–Trinajstić information content (AvgIpc) is 2.27. The Morgan fingerprint density at radius 2 is 1.94 bits per heavy atom. The van der Waals surface area contributed by atoms with Crippen molar-refractivity contribution in [3.8, 4) is 0 Å². The molecule has 94 valence electrons. The van der Waals surface area contributed by atoms with E-state index in [-0.39, 0.29) is 5.91 Å². The van der Waals surface area contributed by atoms with Crippen LogP contribution in [0.15, 0.2) is 0 Å². The van der Waals surface area contributed by atoms with Crippen molar-refractivity contribution < 1.29 is 4.79 Å². The fourth-order valence-electron chi connectivity index (χ4n) is 2.32. The van der Waals surface area contributed by atoms with Gasteiger partial charge in [-0.1, -0.05) is 6.42 Å². The van der Waals surface area contributed by atoms with Crippen LogP contribution >= 0.6 is 0 Å². The van der Waals surface area contributed by atoms with Gasteiger partial charge in [0.2, 0.25) is 5.91 Å². The Bertz CT molecular complexity index is 210. The molecule has 0 radical (unpaired) electrons. The van der Waals surface area contributed by atoms with Crippen LogP contribution < -0.4 is 10.7 Å². The van der Waals surface area contributed by atoms with Crippen LogP contribution in [-0.4, -0.2) is 36.6 Å². The van der Waals surface area contributed by atoms with E-state index in [0.29, 0.717) is 18.5 Å². The molecule has 0 aliphatic carbocycles. The van der Waals surface area contributed by atoms with Crippen LogP contribution in [0.5, 0.6) is 0 Å². The molecule has 0 saturated carbocycles. The summed E-state index contributed by atoms with van der Waals surface area (Å²) < 4.78 is 0. The van der Waals surface area contributed by atoms with Crippen LogP contribution in [0.3, 0.4) is 0 Å². The van der Waals surface area contributed by atoms with E-state index in [1.807, 2.05) is 0 Å². The van der Waals surface area contributed by atoms with Crippen LogP contribution in [0.25, 0.3) is 0 Å². The zero-order valence-corrected chi connectivity index (χ0v) is 10.8. The molecular weight excluding hydrogens is 202 g/mol. The van der Waals surface area contributed by atoms with Crippen molar-refractivity contribution in [3.05, 3.63) is 0 Å². The monoisotopic (exact) mass is 227 g/mol. The summed E-state index contributed by atoms with van der Waals surface area (Å²) in [5.41, 5.74) is 3.45. The SMILES string of the molecule is CNC(=O)CCCNN1C(C)CCCC1C. The van der Waals surface area contributed by atoms with Crippen LogP contribution in [0.1, 0.15) is 46.0 Å². The maximum atomic E-state index is 11.0. The first-order valence-corrected chi connectivity index (χ1v) is 6.37. The number of amides is 1. The number of hydrazine groups is 1. The number of rotatable bonds is 5. The molecule has 0 aromatic rings. The van der Waals surface area contributed by atoms with Crippen molar-refractivity contribution in [2.24, 2.45) is 0 Å². The Balaban J connectivity index is 2.17. The number of nitrogens with one attached hydrogen (secondary N) is 2. The highest BCUT2D eigenvalue weighted by Gasteiger charge is 2.23. The van der Waals surface area contributed by atoms with E-state index in [1.54, 1.807) is 7.05 Å². The van der Waals surface area contributed by atoms with Crippen molar-refractivity contribution >= 4 is 5.91 Å². The van der Waals surface area contributed by atoms with Crippen LogP contribution in [-0.2, 0) is 4.79 Å². The quantitative estimate of drug-likeness (QED) is 0.695. The van der Waals surface area contributed by atoms with Crippen molar-refractivity contribution in [2.45, 2.75) is 58.0 Å². The van der Waals surface area contributed by atoms with Crippen LogP contribution in [0.2, 0.25) is 0 Å².